The highest BCUT2D eigenvalue weighted by molar-refractivity contribution is 7.11. The van der Waals surface area contributed by atoms with Gasteiger partial charge < -0.3 is 0 Å². The molecule has 0 amide bonds. The molecule has 0 aliphatic heterocycles. The topological polar surface area (TPSA) is 0 Å². The summed E-state index contributed by atoms with van der Waals surface area (Å²) in [6.07, 6.45) is 0. The van der Waals surface area contributed by atoms with Gasteiger partial charge in [0.05, 0.1) is 0 Å². The fraction of sp³-hybridized carbons (Fsp3) is 0.0556. The normalized spacial score (nSPS) is 11.9. The summed E-state index contributed by atoms with van der Waals surface area (Å²) in [6, 6.07) is 55.0. The van der Waals surface area contributed by atoms with Crippen molar-refractivity contribution in [1.29, 1.82) is 0 Å². The molecule has 0 heterocycles. The Labute approximate surface area is 229 Å². The third-order valence-electron chi connectivity index (χ3n) is 7.54. The summed E-state index contributed by atoms with van der Waals surface area (Å²) in [4.78, 5) is 0. The average Bonchev–Trinajstić information content (AvgIpc) is 2.99. The van der Waals surface area contributed by atoms with E-state index in [9.17, 15) is 0 Å². The molecule has 0 aliphatic rings. The Morgan fingerprint density at radius 2 is 0.868 bits per heavy atom. The van der Waals surface area contributed by atoms with Crippen LogP contribution in [0.1, 0.15) is 12.5 Å². The Morgan fingerprint density at radius 3 is 1.24 bits per heavy atom. The van der Waals surface area contributed by atoms with E-state index in [0.29, 0.717) is 0 Å². The molecular weight excluding hydrogens is 471 g/mol. The minimum absolute atomic E-state index is 0.0609. The maximum Gasteiger partial charge on any atom is 0.241 e. The second-order valence-electron chi connectivity index (χ2n) is 10.0. The van der Waals surface area contributed by atoms with Gasteiger partial charge >= 0.3 is 0 Å². The summed E-state index contributed by atoms with van der Waals surface area (Å²) in [6.45, 7) is 9.42. The molecule has 0 radical (unpaired) electrons. The quantitative estimate of drug-likeness (QED) is 0.172. The molecule has 0 atom stereocenters. The molecule has 0 bridgehead atoms. The standard InChI is InChI=1S/C36H33BSi/c1-29(2)36(38(3,33-25-15-7-16-26-33)34-27-17-8-18-28-34)35(30-19-9-4-10-20-30)37(31-21-11-5-12-22-31)32-23-13-6-14-24-32/h4-28H,1H2,2-3H3/b36-35-. The molecular formula is C36H33BSi. The number of hydrogen-bond donors (Lipinski definition) is 0. The Balaban J connectivity index is 1.95. The van der Waals surface area contributed by atoms with Crippen molar-refractivity contribution in [3.8, 4) is 0 Å². The van der Waals surface area contributed by atoms with Crippen LogP contribution in [-0.2, 0) is 0 Å². The van der Waals surface area contributed by atoms with Gasteiger partial charge in [-0.1, -0.05) is 192 Å². The summed E-state index contributed by atoms with van der Waals surface area (Å²) in [5.41, 5.74) is 6.29. The SMILES string of the molecule is C=C(C)/C(=C(/B(c1ccccc1)c1ccccc1)c1ccccc1)[Si](C)(c1ccccc1)c1ccccc1. The molecule has 0 spiro atoms. The van der Waals surface area contributed by atoms with E-state index in [0.717, 1.165) is 5.57 Å². The zero-order chi connectivity index (χ0) is 26.4. The van der Waals surface area contributed by atoms with Crippen LogP contribution in [0, 0.1) is 0 Å². The Kier molecular flexibility index (Phi) is 7.72. The van der Waals surface area contributed by atoms with Crippen molar-refractivity contribution in [2.24, 2.45) is 0 Å². The van der Waals surface area contributed by atoms with Gasteiger partial charge in [0, 0.05) is 0 Å². The van der Waals surface area contributed by atoms with Gasteiger partial charge in [-0.2, -0.15) is 0 Å². The van der Waals surface area contributed by atoms with Crippen LogP contribution in [0.5, 0.6) is 0 Å². The van der Waals surface area contributed by atoms with Gasteiger partial charge in [0.15, 0.2) is 0 Å². The fourth-order valence-electron chi connectivity index (χ4n) is 5.81. The van der Waals surface area contributed by atoms with Crippen LogP contribution in [0.2, 0.25) is 6.55 Å². The lowest BCUT2D eigenvalue weighted by Crippen LogP contribution is -2.59. The lowest BCUT2D eigenvalue weighted by atomic mass is 9.35. The summed E-state index contributed by atoms with van der Waals surface area (Å²) in [5, 5.41) is 4.16. The molecule has 0 saturated heterocycles. The van der Waals surface area contributed by atoms with Crippen LogP contribution in [0.15, 0.2) is 169 Å². The minimum Gasteiger partial charge on any atom is -0.0962 e. The minimum atomic E-state index is -2.49. The van der Waals surface area contributed by atoms with Gasteiger partial charge in [0.25, 0.3) is 0 Å². The van der Waals surface area contributed by atoms with Crippen molar-refractivity contribution >= 4 is 41.6 Å². The van der Waals surface area contributed by atoms with Gasteiger partial charge in [-0.25, -0.2) is 0 Å². The van der Waals surface area contributed by atoms with Crippen molar-refractivity contribution in [3.05, 3.63) is 175 Å². The van der Waals surface area contributed by atoms with Crippen molar-refractivity contribution in [1.82, 2.24) is 0 Å². The molecule has 2 heteroatoms. The molecule has 5 aromatic carbocycles. The Hall–Kier alpha value is -4.14. The van der Waals surface area contributed by atoms with Gasteiger partial charge in [0.1, 0.15) is 8.07 Å². The maximum atomic E-state index is 4.67. The smallest absolute Gasteiger partial charge is 0.0962 e. The first-order chi connectivity index (χ1) is 18.6. The van der Waals surface area contributed by atoms with Gasteiger partial charge in [-0.3, -0.25) is 0 Å². The van der Waals surface area contributed by atoms with Crippen LogP contribution in [0.3, 0.4) is 0 Å². The Bertz CT molecular complexity index is 1430. The van der Waals surface area contributed by atoms with Gasteiger partial charge in [-0.05, 0) is 22.9 Å². The highest BCUT2D eigenvalue weighted by atomic mass is 28.3. The number of hydrogen-bond acceptors (Lipinski definition) is 0. The van der Waals surface area contributed by atoms with Crippen LogP contribution < -0.4 is 21.3 Å². The Morgan fingerprint density at radius 1 is 0.526 bits per heavy atom. The predicted octanol–water partition coefficient (Wildman–Crippen LogP) is 6.30. The first-order valence-electron chi connectivity index (χ1n) is 13.3. The number of benzene rings is 5. The molecule has 0 unspecified atom stereocenters. The van der Waals surface area contributed by atoms with Crippen molar-refractivity contribution in [2.45, 2.75) is 13.5 Å². The fourth-order valence-corrected chi connectivity index (χ4v) is 10.1. The molecule has 0 aromatic heterocycles. The summed E-state index contributed by atoms with van der Waals surface area (Å²) in [5.74, 6) is 0. The van der Waals surface area contributed by atoms with Crippen LogP contribution in [0.25, 0.3) is 5.47 Å². The number of rotatable bonds is 8. The van der Waals surface area contributed by atoms with Crippen molar-refractivity contribution in [2.75, 3.05) is 0 Å². The van der Waals surface area contributed by atoms with E-state index in [4.69, 9.17) is 0 Å². The molecule has 38 heavy (non-hydrogen) atoms. The highest BCUT2D eigenvalue weighted by Crippen LogP contribution is 2.33. The van der Waals surface area contributed by atoms with Crippen LogP contribution >= 0.6 is 0 Å². The molecule has 5 rings (SSSR count). The molecule has 0 saturated carbocycles. The van der Waals surface area contributed by atoms with Gasteiger partial charge in [-0.15, -0.1) is 0 Å². The van der Waals surface area contributed by atoms with E-state index < -0.39 is 8.07 Å². The van der Waals surface area contributed by atoms with E-state index in [-0.39, 0.29) is 6.71 Å². The average molecular weight is 505 g/mol. The van der Waals surface area contributed by atoms with E-state index in [1.165, 1.54) is 37.5 Å². The third kappa shape index (κ3) is 5.01. The van der Waals surface area contributed by atoms with E-state index in [2.05, 4.69) is 172 Å². The van der Waals surface area contributed by atoms with Crippen molar-refractivity contribution < 1.29 is 0 Å². The van der Waals surface area contributed by atoms with Gasteiger partial charge in [0.2, 0.25) is 6.71 Å². The second-order valence-corrected chi connectivity index (χ2v) is 14.0. The number of allylic oxidation sites excluding steroid dienone is 2. The van der Waals surface area contributed by atoms with E-state index in [1.54, 1.807) is 0 Å². The van der Waals surface area contributed by atoms with Crippen molar-refractivity contribution in [3.63, 3.8) is 0 Å². The van der Waals surface area contributed by atoms with E-state index >= 15 is 0 Å². The zero-order valence-corrected chi connectivity index (χ0v) is 23.2. The van der Waals surface area contributed by atoms with Crippen LogP contribution in [0.4, 0.5) is 0 Å². The highest BCUT2D eigenvalue weighted by Gasteiger charge is 2.41. The predicted molar refractivity (Wildman–Crippen MR) is 170 cm³/mol. The molecule has 0 nitrogen and oxygen atoms in total. The first-order valence-corrected chi connectivity index (χ1v) is 15.8. The molecule has 0 N–H and O–H groups in total. The zero-order valence-electron chi connectivity index (χ0n) is 22.2. The van der Waals surface area contributed by atoms with E-state index in [1.807, 2.05) is 0 Å². The lowest BCUT2D eigenvalue weighted by molar-refractivity contribution is 1.48. The summed E-state index contributed by atoms with van der Waals surface area (Å²) < 4.78 is 0. The molecule has 5 aromatic rings. The lowest BCUT2D eigenvalue weighted by Gasteiger charge is -2.36. The maximum absolute atomic E-state index is 4.67. The molecule has 184 valence electrons. The summed E-state index contributed by atoms with van der Waals surface area (Å²) >= 11 is 0. The van der Waals surface area contributed by atoms with Crippen LogP contribution in [-0.4, -0.2) is 14.8 Å². The monoisotopic (exact) mass is 504 g/mol. The second kappa shape index (κ2) is 11.5. The largest absolute Gasteiger partial charge is 0.241 e. The molecule has 0 fully saturated rings. The summed E-state index contributed by atoms with van der Waals surface area (Å²) in [7, 11) is -2.49. The third-order valence-corrected chi connectivity index (χ3v) is 12.2. The first kappa shape index (κ1) is 25.5. The molecule has 0 aliphatic carbocycles.